The standard InChI is InChI=1S/C19H30N2O3/c1-15(16-6-4-3-5-7-16)12-19(23)20-17-8-10-21(11-9-17)13-18(22)14-24-2/h3-7,15,17-18,22H,8-14H2,1-2H3,(H,20,23). The van der Waals surface area contributed by atoms with E-state index in [0.29, 0.717) is 19.6 Å². The molecule has 2 atom stereocenters. The number of rotatable bonds is 8. The van der Waals surface area contributed by atoms with Gasteiger partial charge in [0.05, 0.1) is 12.7 Å². The molecule has 1 aliphatic heterocycles. The number of aliphatic hydroxyl groups is 1. The van der Waals surface area contributed by atoms with Crippen LogP contribution in [0.3, 0.4) is 0 Å². The SMILES string of the molecule is COCC(O)CN1CCC(NC(=O)CC(C)c2ccccc2)CC1. The van der Waals surface area contributed by atoms with Gasteiger partial charge in [-0.2, -0.15) is 0 Å². The molecule has 0 aliphatic carbocycles. The van der Waals surface area contributed by atoms with Crippen LogP contribution in [0.4, 0.5) is 0 Å². The number of nitrogens with one attached hydrogen (secondary N) is 1. The highest BCUT2D eigenvalue weighted by Crippen LogP contribution is 2.19. The number of methoxy groups -OCH3 is 1. The van der Waals surface area contributed by atoms with Crippen molar-refractivity contribution < 1.29 is 14.6 Å². The Morgan fingerprint density at radius 3 is 2.62 bits per heavy atom. The lowest BCUT2D eigenvalue weighted by Crippen LogP contribution is -2.47. The lowest BCUT2D eigenvalue weighted by atomic mass is 9.97. The van der Waals surface area contributed by atoms with Crippen molar-refractivity contribution >= 4 is 5.91 Å². The second-order valence-electron chi connectivity index (χ2n) is 6.77. The molecule has 0 bridgehead atoms. The van der Waals surface area contributed by atoms with Crippen LogP contribution in [0, 0.1) is 0 Å². The number of benzene rings is 1. The number of aliphatic hydroxyl groups excluding tert-OH is 1. The Balaban J connectivity index is 1.68. The third kappa shape index (κ3) is 6.23. The van der Waals surface area contributed by atoms with Crippen LogP contribution >= 0.6 is 0 Å². The van der Waals surface area contributed by atoms with E-state index in [1.807, 2.05) is 18.2 Å². The topological polar surface area (TPSA) is 61.8 Å². The summed E-state index contributed by atoms with van der Waals surface area (Å²) in [6.07, 6.45) is 1.96. The maximum Gasteiger partial charge on any atom is 0.220 e. The van der Waals surface area contributed by atoms with Gasteiger partial charge in [-0.3, -0.25) is 4.79 Å². The molecule has 0 aromatic heterocycles. The largest absolute Gasteiger partial charge is 0.389 e. The Morgan fingerprint density at radius 2 is 2.00 bits per heavy atom. The van der Waals surface area contributed by atoms with E-state index in [4.69, 9.17) is 4.74 Å². The molecular formula is C19H30N2O3. The van der Waals surface area contributed by atoms with Crippen LogP contribution in [0.25, 0.3) is 0 Å². The molecule has 1 aromatic rings. The first kappa shape index (κ1) is 18.9. The molecule has 1 heterocycles. The van der Waals surface area contributed by atoms with Crippen molar-refractivity contribution in [2.45, 2.75) is 44.2 Å². The molecule has 2 rings (SSSR count). The van der Waals surface area contributed by atoms with E-state index in [1.54, 1.807) is 7.11 Å². The van der Waals surface area contributed by atoms with Crippen LogP contribution in [0.1, 0.15) is 37.7 Å². The van der Waals surface area contributed by atoms with E-state index >= 15 is 0 Å². The lowest BCUT2D eigenvalue weighted by Gasteiger charge is -2.33. The molecule has 5 nitrogen and oxygen atoms in total. The maximum atomic E-state index is 12.3. The molecule has 1 aromatic carbocycles. The maximum absolute atomic E-state index is 12.3. The van der Waals surface area contributed by atoms with Gasteiger partial charge in [-0.1, -0.05) is 37.3 Å². The first-order chi connectivity index (χ1) is 11.6. The molecule has 0 spiro atoms. The van der Waals surface area contributed by atoms with Crippen molar-refractivity contribution in [1.82, 2.24) is 10.2 Å². The molecule has 1 amide bonds. The number of hydrogen-bond acceptors (Lipinski definition) is 4. The Labute approximate surface area is 145 Å². The van der Waals surface area contributed by atoms with Gasteiger partial charge in [-0.05, 0) is 24.3 Å². The molecule has 1 fully saturated rings. The summed E-state index contributed by atoms with van der Waals surface area (Å²) < 4.78 is 4.96. The van der Waals surface area contributed by atoms with Crippen LogP contribution in [-0.4, -0.2) is 61.4 Å². The summed E-state index contributed by atoms with van der Waals surface area (Å²) in [7, 11) is 1.60. The van der Waals surface area contributed by atoms with Gasteiger partial charge in [0.25, 0.3) is 0 Å². The molecule has 2 unspecified atom stereocenters. The Morgan fingerprint density at radius 1 is 1.33 bits per heavy atom. The Hall–Kier alpha value is -1.43. The van der Waals surface area contributed by atoms with E-state index in [-0.39, 0.29) is 17.9 Å². The van der Waals surface area contributed by atoms with Gasteiger partial charge in [0.2, 0.25) is 5.91 Å². The number of carbonyl (C=O) groups is 1. The van der Waals surface area contributed by atoms with Crippen molar-refractivity contribution in [2.24, 2.45) is 0 Å². The second kappa shape index (κ2) is 9.77. The van der Waals surface area contributed by atoms with Gasteiger partial charge >= 0.3 is 0 Å². The first-order valence-corrected chi connectivity index (χ1v) is 8.82. The van der Waals surface area contributed by atoms with Crippen molar-refractivity contribution in [3.63, 3.8) is 0 Å². The second-order valence-corrected chi connectivity index (χ2v) is 6.77. The lowest BCUT2D eigenvalue weighted by molar-refractivity contribution is -0.122. The molecule has 0 radical (unpaired) electrons. The van der Waals surface area contributed by atoms with Crippen LogP contribution in [-0.2, 0) is 9.53 Å². The molecule has 5 heteroatoms. The summed E-state index contributed by atoms with van der Waals surface area (Å²) in [6.45, 7) is 4.90. The third-order valence-electron chi connectivity index (χ3n) is 4.64. The van der Waals surface area contributed by atoms with Crippen molar-refractivity contribution in [3.8, 4) is 0 Å². The minimum absolute atomic E-state index is 0.129. The summed E-state index contributed by atoms with van der Waals surface area (Å²) in [5.74, 6) is 0.361. The quantitative estimate of drug-likeness (QED) is 0.761. The zero-order valence-corrected chi connectivity index (χ0v) is 14.8. The number of hydrogen-bond donors (Lipinski definition) is 2. The molecule has 134 valence electrons. The summed E-state index contributed by atoms with van der Waals surface area (Å²) >= 11 is 0. The highest BCUT2D eigenvalue weighted by atomic mass is 16.5. The van der Waals surface area contributed by atoms with Crippen molar-refractivity contribution in [1.29, 1.82) is 0 Å². The number of nitrogens with zero attached hydrogens (tertiary/aromatic N) is 1. The van der Waals surface area contributed by atoms with Gasteiger partial charge in [-0.25, -0.2) is 0 Å². The summed E-state index contributed by atoms with van der Waals surface area (Å²) in [6, 6.07) is 10.4. The van der Waals surface area contributed by atoms with Gasteiger partial charge in [0.1, 0.15) is 0 Å². The minimum Gasteiger partial charge on any atom is -0.389 e. The number of piperidine rings is 1. The van der Waals surface area contributed by atoms with Gasteiger partial charge in [0, 0.05) is 39.2 Å². The highest BCUT2D eigenvalue weighted by Gasteiger charge is 2.22. The van der Waals surface area contributed by atoms with Gasteiger partial charge in [0.15, 0.2) is 0 Å². The number of ether oxygens (including phenoxy) is 1. The molecule has 1 saturated heterocycles. The molecule has 2 N–H and O–H groups in total. The smallest absolute Gasteiger partial charge is 0.220 e. The summed E-state index contributed by atoms with van der Waals surface area (Å²) in [4.78, 5) is 14.5. The first-order valence-electron chi connectivity index (χ1n) is 8.82. The fraction of sp³-hybridized carbons (Fsp3) is 0.632. The monoisotopic (exact) mass is 334 g/mol. The van der Waals surface area contributed by atoms with Crippen LogP contribution in [0.5, 0.6) is 0 Å². The van der Waals surface area contributed by atoms with E-state index in [0.717, 1.165) is 25.9 Å². The van der Waals surface area contributed by atoms with Crippen LogP contribution in [0.2, 0.25) is 0 Å². The van der Waals surface area contributed by atoms with E-state index in [9.17, 15) is 9.90 Å². The fourth-order valence-corrected chi connectivity index (χ4v) is 3.27. The van der Waals surface area contributed by atoms with Gasteiger partial charge < -0.3 is 20.1 Å². The van der Waals surface area contributed by atoms with Crippen molar-refractivity contribution in [2.75, 3.05) is 33.4 Å². The number of likely N-dealkylation sites (tertiary alicyclic amines) is 1. The fourth-order valence-electron chi connectivity index (χ4n) is 3.27. The van der Waals surface area contributed by atoms with Crippen LogP contribution in [0.15, 0.2) is 30.3 Å². The predicted molar refractivity (Wildman–Crippen MR) is 95.0 cm³/mol. The van der Waals surface area contributed by atoms with E-state index < -0.39 is 6.10 Å². The van der Waals surface area contributed by atoms with E-state index in [2.05, 4.69) is 29.3 Å². The average molecular weight is 334 g/mol. The number of amides is 1. The molecular weight excluding hydrogens is 304 g/mol. The van der Waals surface area contributed by atoms with Crippen LogP contribution < -0.4 is 5.32 Å². The Bertz CT molecular complexity index is 487. The number of carbonyl (C=O) groups excluding carboxylic acids is 1. The highest BCUT2D eigenvalue weighted by molar-refractivity contribution is 5.77. The zero-order valence-electron chi connectivity index (χ0n) is 14.8. The molecule has 1 aliphatic rings. The molecule has 24 heavy (non-hydrogen) atoms. The minimum atomic E-state index is -0.437. The average Bonchev–Trinajstić information content (AvgIpc) is 2.57. The van der Waals surface area contributed by atoms with E-state index in [1.165, 1.54) is 5.56 Å². The predicted octanol–water partition coefficient (Wildman–Crippen LogP) is 1.77. The zero-order chi connectivity index (χ0) is 17.4. The normalized spacial score (nSPS) is 19.0. The summed E-state index contributed by atoms with van der Waals surface area (Å²) in [5, 5.41) is 12.9. The Kier molecular flexibility index (Phi) is 7.69. The summed E-state index contributed by atoms with van der Waals surface area (Å²) in [5.41, 5.74) is 1.20. The third-order valence-corrected chi connectivity index (χ3v) is 4.64. The van der Waals surface area contributed by atoms with Gasteiger partial charge in [-0.15, -0.1) is 0 Å². The number of β-amino-alcohol motifs (C(OH)–C–C–N with tert-alkyl or cyclic N) is 1. The molecule has 0 saturated carbocycles. The van der Waals surface area contributed by atoms with Crippen molar-refractivity contribution in [3.05, 3.63) is 35.9 Å².